The Morgan fingerprint density at radius 3 is 1.50 bits per heavy atom. The second-order valence-corrected chi connectivity index (χ2v) is 2.16. The molecule has 14 heavy (non-hydrogen) atoms. The monoisotopic (exact) mass is 197 g/mol. The standard InChI is InChI=1S/C8H6O4.CH5N/c9-7(10)5-3-1-2-4-6(5)8(11)12;1-2/h1-4H,(H,9,10)(H,11,12);2H2,1H3. The largest absolute Gasteiger partial charge is 0.478 e. The number of rotatable bonds is 2. The van der Waals surface area contributed by atoms with E-state index in [2.05, 4.69) is 5.73 Å². The van der Waals surface area contributed by atoms with Gasteiger partial charge in [-0.1, -0.05) is 12.1 Å². The van der Waals surface area contributed by atoms with Crippen LogP contribution in [0.4, 0.5) is 0 Å². The van der Waals surface area contributed by atoms with Crippen LogP contribution in [0.2, 0.25) is 0 Å². The van der Waals surface area contributed by atoms with Gasteiger partial charge in [0.25, 0.3) is 0 Å². The number of nitrogens with two attached hydrogens (primary N) is 1. The molecule has 0 saturated carbocycles. The maximum absolute atomic E-state index is 10.5. The first-order valence-corrected chi connectivity index (χ1v) is 3.76. The SMILES string of the molecule is CN.O=C(O)c1ccccc1C(=O)O. The number of carbonyl (C=O) groups is 2. The molecule has 0 fully saturated rings. The lowest BCUT2D eigenvalue weighted by molar-refractivity contribution is 0.0651. The summed E-state index contributed by atoms with van der Waals surface area (Å²) in [7, 11) is 1.50. The highest BCUT2D eigenvalue weighted by Gasteiger charge is 2.13. The van der Waals surface area contributed by atoms with E-state index in [9.17, 15) is 9.59 Å². The minimum absolute atomic E-state index is 0.190. The molecule has 0 bridgehead atoms. The fourth-order valence-electron chi connectivity index (χ4n) is 0.856. The van der Waals surface area contributed by atoms with Crippen molar-refractivity contribution in [3.63, 3.8) is 0 Å². The normalized spacial score (nSPS) is 8.43. The molecule has 1 aromatic carbocycles. The molecule has 0 heterocycles. The second-order valence-electron chi connectivity index (χ2n) is 2.16. The van der Waals surface area contributed by atoms with Crippen LogP contribution in [0.1, 0.15) is 20.7 Å². The van der Waals surface area contributed by atoms with Gasteiger partial charge in [-0.2, -0.15) is 0 Å². The second kappa shape index (κ2) is 5.71. The van der Waals surface area contributed by atoms with Crippen LogP contribution in [0.5, 0.6) is 0 Å². The van der Waals surface area contributed by atoms with E-state index < -0.39 is 11.9 Å². The molecule has 0 aromatic heterocycles. The van der Waals surface area contributed by atoms with Crippen LogP contribution in [-0.4, -0.2) is 29.2 Å². The summed E-state index contributed by atoms with van der Waals surface area (Å²) in [5.41, 5.74) is 4.12. The quantitative estimate of drug-likeness (QED) is 0.646. The zero-order chi connectivity index (χ0) is 11.1. The molecule has 1 aromatic rings. The van der Waals surface area contributed by atoms with Gasteiger partial charge < -0.3 is 15.9 Å². The van der Waals surface area contributed by atoms with Crippen LogP contribution in [-0.2, 0) is 0 Å². The van der Waals surface area contributed by atoms with Gasteiger partial charge >= 0.3 is 11.9 Å². The maximum Gasteiger partial charge on any atom is 0.336 e. The Hall–Kier alpha value is -1.88. The van der Waals surface area contributed by atoms with Crippen LogP contribution in [0.25, 0.3) is 0 Å². The summed E-state index contributed by atoms with van der Waals surface area (Å²) >= 11 is 0. The van der Waals surface area contributed by atoms with Crippen molar-refractivity contribution in [2.45, 2.75) is 0 Å². The van der Waals surface area contributed by atoms with Crippen molar-refractivity contribution in [1.82, 2.24) is 0 Å². The predicted molar refractivity (Wildman–Crippen MR) is 50.5 cm³/mol. The number of benzene rings is 1. The van der Waals surface area contributed by atoms with Crippen molar-refractivity contribution >= 4 is 11.9 Å². The number of carboxylic acid groups (broad SMARTS) is 2. The van der Waals surface area contributed by atoms with E-state index in [1.807, 2.05) is 0 Å². The molecule has 0 spiro atoms. The average Bonchev–Trinajstić information content (AvgIpc) is 2.20. The van der Waals surface area contributed by atoms with Gasteiger partial charge in [0, 0.05) is 0 Å². The Bertz CT molecular complexity index is 302. The molecule has 0 saturated heterocycles. The van der Waals surface area contributed by atoms with Crippen LogP contribution in [0, 0.1) is 0 Å². The zero-order valence-corrected chi connectivity index (χ0v) is 7.60. The fraction of sp³-hybridized carbons (Fsp3) is 0.111. The van der Waals surface area contributed by atoms with E-state index in [0.29, 0.717) is 0 Å². The molecule has 0 atom stereocenters. The molecule has 5 heteroatoms. The highest BCUT2D eigenvalue weighted by molar-refractivity contribution is 6.01. The Kier molecular flexibility index (Phi) is 4.95. The van der Waals surface area contributed by atoms with Gasteiger partial charge in [0.2, 0.25) is 0 Å². The van der Waals surface area contributed by atoms with Crippen molar-refractivity contribution < 1.29 is 19.8 Å². The molecule has 76 valence electrons. The summed E-state index contributed by atoms with van der Waals surface area (Å²) in [6.07, 6.45) is 0. The molecule has 0 radical (unpaired) electrons. The Balaban J connectivity index is 0.000000791. The number of hydrogen-bond donors (Lipinski definition) is 3. The molecular formula is C9H11NO4. The summed E-state index contributed by atoms with van der Waals surface area (Å²) in [4.78, 5) is 20.9. The summed E-state index contributed by atoms with van der Waals surface area (Å²) in [5, 5.41) is 17.1. The molecule has 0 aliphatic heterocycles. The van der Waals surface area contributed by atoms with Gasteiger partial charge in [0.15, 0.2) is 0 Å². The van der Waals surface area contributed by atoms with Gasteiger partial charge in [-0.15, -0.1) is 0 Å². The van der Waals surface area contributed by atoms with Gasteiger partial charge in [-0.25, -0.2) is 9.59 Å². The Morgan fingerprint density at radius 2 is 1.29 bits per heavy atom. The van der Waals surface area contributed by atoms with Crippen LogP contribution in [0.15, 0.2) is 24.3 Å². The van der Waals surface area contributed by atoms with Crippen molar-refractivity contribution in [3.05, 3.63) is 35.4 Å². The van der Waals surface area contributed by atoms with E-state index in [-0.39, 0.29) is 11.1 Å². The molecular weight excluding hydrogens is 186 g/mol. The minimum Gasteiger partial charge on any atom is -0.478 e. The molecule has 0 aliphatic carbocycles. The van der Waals surface area contributed by atoms with Crippen molar-refractivity contribution in [1.29, 1.82) is 0 Å². The van der Waals surface area contributed by atoms with Crippen molar-refractivity contribution in [2.24, 2.45) is 5.73 Å². The average molecular weight is 197 g/mol. The fourth-order valence-corrected chi connectivity index (χ4v) is 0.856. The molecule has 1 rings (SSSR count). The summed E-state index contributed by atoms with van der Waals surface area (Å²) in [5.74, 6) is -2.46. The smallest absolute Gasteiger partial charge is 0.336 e. The molecule has 0 aliphatic rings. The topological polar surface area (TPSA) is 101 Å². The lowest BCUT2D eigenvalue weighted by Gasteiger charge is -1.98. The first kappa shape index (κ1) is 12.1. The lowest BCUT2D eigenvalue weighted by Crippen LogP contribution is -2.06. The Morgan fingerprint density at radius 1 is 1.00 bits per heavy atom. The zero-order valence-electron chi connectivity index (χ0n) is 7.60. The molecule has 4 N–H and O–H groups in total. The lowest BCUT2D eigenvalue weighted by atomic mass is 10.1. The minimum atomic E-state index is -1.23. The van der Waals surface area contributed by atoms with E-state index in [1.165, 1.54) is 31.3 Å². The van der Waals surface area contributed by atoms with E-state index >= 15 is 0 Å². The third kappa shape index (κ3) is 2.87. The molecule has 0 unspecified atom stereocenters. The predicted octanol–water partition coefficient (Wildman–Crippen LogP) is 0.658. The van der Waals surface area contributed by atoms with Gasteiger partial charge in [0.05, 0.1) is 11.1 Å². The van der Waals surface area contributed by atoms with E-state index in [0.717, 1.165) is 0 Å². The van der Waals surface area contributed by atoms with E-state index in [1.54, 1.807) is 0 Å². The molecule has 5 nitrogen and oxygen atoms in total. The maximum atomic E-state index is 10.5. The van der Waals surface area contributed by atoms with Gasteiger partial charge in [-0.05, 0) is 19.2 Å². The summed E-state index contributed by atoms with van der Waals surface area (Å²) in [6, 6.07) is 5.48. The Labute approximate surface area is 80.8 Å². The number of carboxylic acids is 2. The summed E-state index contributed by atoms with van der Waals surface area (Å²) < 4.78 is 0. The number of aromatic carboxylic acids is 2. The van der Waals surface area contributed by atoms with E-state index in [4.69, 9.17) is 10.2 Å². The molecule has 0 amide bonds. The van der Waals surface area contributed by atoms with Gasteiger partial charge in [-0.3, -0.25) is 0 Å². The third-order valence-electron chi connectivity index (χ3n) is 1.39. The first-order valence-electron chi connectivity index (χ1n) is 3.76. The van der Waals surface area contributed by atoms with Crippen LogP contribution < -0.4 is 5.73 Å². The van der Waals surface area contributed by atoms with Crippen LogP contribution >= 0.6 is 0 Å². The highest BCUT2D eigenvalue weighted by atomic mass is 16.4. The summed E-state index contributed by atoms with van der Waals surface area (Å²) in [6.45, 7) is 0. The third-order valence-corrected chi connectivity index (χ3v) is 1.39. The first-order chi connectivity index (χ1) is 6.63. The number of hydrogen-bond acceptors (Lipinski definition) is 3. The van der Waals surface area contributed by atoms with Crippen LogP contribution in [0.3, 0.4) is 0 Å². The van der Waals surface area contributed by atoms with Crippen molar-refractivity contribution in [2.75, 3.05) is 7.05 Å². The highest BCUT2D eigenvalue weighted by Crippen LogP contribution is 2.07. The van der Waals surface area contributed by atoms with Gasteiger partial charge in [0.1, 0.15) is 0 Å². The van der Waals surface area contributed by atoms with Crippen molar-refractivity contribution in [3.8, 4) is 0 Å².